The van der Waals surface area contributed by atoms with Gasteiger partial charge >= 0.3 is 5.97 Å². The fourth-order valence-electron chi connectivity index (χ4n) is 5.32. The van der Waals surface area contributed by atoms with E-state index in [4.69, 9.17) is 5.11 Å². The molecule has 7 heteroatoms. The van der Waals surface area contributed by atoms with Crippen LogP contribution in [0.1, 0.15) is 59.6 Å². The zero-order chi connectivity index (χ0) is 26.5. The zero-order valence-corrected chi connectivity index (χ0v) is 21.1. The Bertz CT molecular complexity index is 1400. The Labute approximate surface area is 221 Å². The van der Waals surface area contributed by atoms with Crippen LogP contribution in [0.5, 0.6) is 0 Å². The van der Waals surface area contributed by atoms with Crippen molar-refractivity contribution in [2.75, 3.05) is 11.9 Å². The lowest BCUT2D eigenvalue weighted by Crippen LogP contribution is -2.26. The van der Waals surface area contributed by atoms with Gasteiger partial charge < -0.3 is 20.3 Å². The molecule has 1 aliphatic rings. The van der Waals surface area contributed by atoms with E-state index >= 15 is 0 Å². The van der Waals surface area contributed by atoms with Crippen molar-refractivity contribution in [1.82, 2.24) is 9.88 Å². The van der Waals surface area contributed by atoms with Gasteiger partial charge in [-0.15, -0.1) is 0 Å². The minimum absolute atomic E-state index is 0.0141. The minimum atomic E-state index is -0.974. The molecule has 4 aromatic rings. The molecule has 0 atom stereocenters. The molecule has 1 aliphatic carbocycles. The second-order valence-electron chi connectivity index (χ2n) is 9.78. The number of carboxylic acids is 1. The standard InChI is InChI=1S/C31H31N3O4/c35-28(36)17-18-32-31(38)26-20-34(29(21-9-3-1-4-10-21)22-11-5-2-6-12-22)27-16-15-24(19-25(26)27)33-30(37)23-13-7-8-14-23/h1-6,9-12,15-16,19-20,23,29H,7-8,13-14,17-18H2,(H,32,38)(H,33,37)(H,35,36). The third-order valence-electron chi connectivity index (χ3n) is 7.20. The van der Waals surface area contributed by atoms with Crippen LogP contribution in [0, 0.1) is 5.92 Å². The number of carbonyl (C=O) groups is 3. The smallest absolute Gasteiger partial charge is 0.305 e. The number of carbonyl (C=O) groups excluding carboxylic acids is 2. The van der Waals surface area contributed by atoms with E-state index in [-0.39, 0.29) is 36.7 Å². The maximum Gasteiger partial charge on any atom is 0.305 e. The van der Waals surface area contributed by atoms with Crippen molar-refractivity contribution in [3.63, 3.8) is 0 Å². The van der Waals surface area contributed by atoms with E-state index in [0.29, 0.717) is 16.6 Å². The molecule has 1 aromatic heterocycles. The van der Waals surface area contributed by atoms with E-state index in [1.807, 2.05) is 60.8 Å². The van der Waals surface area contributed by atoms with E-state index in [0.717, 1.165) is 42.3 Å². The molecule has 0 radical (unpaired) electrons. The Morgan fingerprint density at radius 1 is 0.895 bits per heavy atom. The molecule has 7 nitrogen and oxygen atoms in total. The molecule has 0 bridgehead atoms. The molecular weight excluding hydrogens is 478 g/mol. The number of rotatable bonds is 9. The Kier molecular flexibility index (Phi) is 7.54. The first-order chi connectivity index (χ1) is 18.5. The number of hydrogen-bond acceptors (Lipinski definition) is 3. The summed E-state index contributed by atoms with van der Waals surface area (Å²) in [5.74, 6) is -1.29. The predicted octanol–water partition coefficient (Wildman–Crippen LogP) is 5.61. The van der Waals surface area contributed by atoms with Gasteiger partial charge in [-0.05, 0) is 42.2 Å². The van der Waals surface area contributed by atoms with Gasteiger partial charge in [0, 0.05) is 35.2 Å². The van der Waals surface area contributed by atoms with Crippen LogP contribution >= 0.6 is 0 Å². The highest BCUT2D eigenvalue weighted by Gasteiger charge is 2.25. The van der Waals surface area contributed by atoms with Crippen LogP contribution in [-0.2, 0) is 9.59 Å². The first-order valence-electron chi connectivity index (χ1n) is 13.1. The van der Waals surface area contributed by atoms with Gasteiger partial charge in [0.1, 0.15) is 0 Å². The van der Waals surface area contributed by atoms with E-state index < -0.39 is 5.97 Å². The number of benzene rings is 3. The summed E-state index contributed by atoms with van der Waals surface area (Å²) in [6.07, 6.45) is 5.61. The Balaban J connectivity index is 1.59. The van der Waals surface area contributed by atoms with E-state index in [1.165, 1.54) is 0 Å². The van der Waals surface area contributed by atoms with E-state index in [9.17, 15) is 14.4 Å². The summed E-state index contributed by atoms with van der Waals surface area (Å²) in [4.78, 5) is 37.1. The van der Waals surface area contributed by atoms with Gasteiger partial charge in [0.2, 0.25) is 5.91 Å². The molecule has 2 amide bonds. The lowest BCUT2D eigenvalue weighted by atomic mass is 9.98. The van der Waals surface area contributed by atoms with Crippen LogP contribution in [-0.4, -0.2) is 34.0 Å². The third kappa shape index (κ3) is 5.47. The Hall–Kier alpha value is -4.39. The van der Waals surface area contributed by atoms with Gasteiger partial charge in [-0.25, -0.2) is 0 Å². The van der Waals surface area contributed by atoms with Crippen molar-refractivity contribution in [3.05, 3.63) is 102 Å². The second kappa shape index (κ2) is 11.3. The fraction of sp³-hybridized carbons (Fsp3) is 0.258. The monoisotopic (exact) mass is 509 g/mol. The predicted molar refractivity (Wildman–Crippen MR) is 147 cm³/mol. The number of anilines is 1. The highest BCUT2D eigenvalue weighted by molar-refractivity contribution is 6.08. The van der Waals surface area contributed by atoms with Crippen molar-refractivity contribution in [3.8, 4) is 0 Å². The summed E-state index contributed by atoms with van der Waals surface area (Å²) in [6.45, 7) is 0.0275. The van der Waals surface area contributed by atoms with Crippen molar-refractivity contribution >= 4 is 34.4 Å². The second-order valence-corrected chi connectivity index (χ2v) is 9.78. The Morgan fingerprint density at radius 3 is 2.13 bits per heavy atom. The number of nitrogens with one attached hydrogen (secondary N) is 2. The molecule has 1 saturated carbocycles. The van der Waals surface area contributed by atoms with E-state index in [2.05, 4.69) is 39.5 Å². The topological polar surface area (TPSA) is 100 Å². The first-order valence-corrected chi connectivity index (χ1v) is 13.1. The molecule has 1 heterocycles. The quantitative estimate of drug-likeness (QED) is 0.273. The molecular formula is C31H31N3O4. The molecule has 3 aromatic carbocycles. The third-order valence-corrected chi connectivity index (χ3v) is 7.20. The fourth-order valence-corrected chi connectivity index (χ4v) is 5.32. The number of nitrogens with zero attached hydrogens (tertiary/aromatic N) is 1. The summed E-state index contributed by atoms with van der Waals surface area (Å²) < 4.78 is 2.08. The largest absolute Gasteiger partial charge is 0.481 e. The normalized spacial score (nSPS) is 13.6. The number of aromatic nitrogens is 1. The average Bonchev–Trinajstić information content (AvgIpc) is 3.59. The molecule has 5 rings (SSSR count). The zero-order valence-electron chi connectivity index (χ0n) is 21.1. The molecule has 0 aliphatic heterocycles. The van der Waals surface area contributed by atoms with Gasteiger partial charge in [-0.2, -0.15) is 0 Å². The highest BCUT2D eigenvalue weighted by Crippen LogP contribution is 2.34. The van der Waals surface area contributed by atoms with Crippen LogP contribution in [0.2, 0.25) is 0 Å². The number of aliphatic carboxylic acids is 1. The van der Waals surface area contributed by atoms with Crippen molar-refractivity contribution < 1.29 is 19.5 Å². The molecule has 0 saturated heterocycles. The van der Waals surface area contributed by atoms with Crippen molar-refractivity contribution in [1.29, 1.82) is 0 Å². The number of hydrogen-bond donors (Lipinski definition) is 3. The lowest BCUT2D eigenvalue weighted by molar-refractivity contribution is -0.136. The van der Waals surface area contributed by atoms with Crippen LogP contribution in [0.3, 0.4) is 0 Å². The SMILES string of the molecule is O=C(O)CCNC(=O)c1cn(C(c2ccccc2)c2ccccc2)c2ccc(NC(=O)C3CCCC3)cc12. The van der Waals surface area contributed by atoms with Crippen LogP contribution < -0.4 is 10.6 Å². The minimum Gasteiger partial charge on any atom is -0.481 e. The number of carboxylic acid groups (broad SMARTS) is 1. The van der Waals surface area contributed by atoms with Crippen molar-refractivity contribution in [2.45, 2.75) is 38.1 Å². The summed E-state index contributed by atoms with van der Waals surface area (Å²) in [5.41, 5.74) is 4.03. The molecule has 0 spiro atoms. The number of fused-ring (bicyclic) bond motifs is 1. The summed E-state index contributed by atoms with van der Waals surface area (Å²) in [5, 5.41) is 15.5. The van der Waals surface area contributed by atoms with E-state index in [1.54, 1.807) is 0 Å². The molecule has 3 N–H and O–H groups in total. The lowest BCUT2D eigenvalue weighted by Gasteiger charge is -2.21. The summed E-state index contributed by atoms with van der Waals surface area (Å²) in [6, 6.07) is 25.6. The maximum atomic E-state index is 13.3. The molecule has 194 valence electrons. The highest BCUT2D eigenvalue weighted by atomic mass is 16.4. The van der Waals surface area contributed by atoms with Crippen LogP contribution in [0.4, 0.5) is 5.69 Å². The average molecular weight is 510 g/mol. The summed E-state index contributed by atoms with van der Waals surface area (Å²) >= 11 is 0. The van der Waals surface area contributed by atoms with Gasteiger partial charge in [-0.1, -0.05) is 73.5 Å². The van der Waals surface area contributed by atoms with Crippen LogP contribution in [0.15, 0.2) is 85.1 Å². The van der Waals surface area contributed by atoms with Gasteiger partial charge in [0.15, 0.2) is 0 Å². The maximum absolute atomic E-state index is 13.3. The van der Waals surface area contributed by atoms with Gasteiger partial charge in [0.05, 0.1) is 18.0 Å². The Morgan fingerprint density at radius 2 is 1.53 bits per heavy atom. The molecule has 0 unspecified atom stereocenters. The van der Waals surface area contributed by atoms with Gasteiger partial charge in [-0.3, -0.25) is 14.4 Å². The number of amides is 2. The molecule has 38 heavy (non-hydrogen) atoms. The van der Waals surface area contributed by atoms with Crippen LogP contribution in [0.25, 0.3) is 10.9 Å². The summed E-state index contributed by atoms with van der Waals surface area (Å²) in [7, 11) is 0. The van der Waals surface area contributed by atoms with Gasteiger partial charge in [0.25, 0.3) is 5.91 Å². The first kappa shape index (κ1) is 25.3. The van der Waals surface area contributed by atoms with Crippen molar-refractivity contribution in [2.24, 2.45) is 5.92 Å². The molecule has 1 fully saturated rings.